The molecule has 0 bridgehead atoms. The summed E-state index contributed by atoms with van der Waals surface area (Å²) in [6, 6.07) is 1.69. The Bertz CT molecular complexity index is 431. The smallest absolute Gasteiger partial charge is 0.427 e. The SMILES string of the molecule is Fc1cc(I)cc2c1C(F)(F)C(F)(F)O2. The van der Waals surface area contributed by atoms with Gasteiger partial charge >= 0.3 is 12.0 Å². The summed E-state index contributed by atoms with van der Waals surface area (Å²) >= 11 is 1.61. The normalized spacial score (nSPS) is 20.9. The van der Waals surface area contributed by atoms with Crippen LogP contribution in [-0.2, 0) is 5.92 Å². The zero-order chi connectivity index (χ0) is 11.4. The minimum absolute atomic E-state index is 0.206. The molecule has 1 aromatic rings. The van der Waals surface area contributed by atoms with Crippen molar-refractivity contribution in [3.8, 4) is 5.75 Å². The highest BCUT2D eigenvalue weighted by molar-refractivity contribution is 14.1. The zero-order valence-corrected chi connectivity index (χ0v) is 8.99. The molecule has 0 radical (unpaired) electrons. The molecular formula is C8H2F5IO. The molecule has 0 N–H and O–H groups in total. The topological polar surface area (TPSA) is 9.23 Å². The molecule has 2 rings (SSSR count). The summed E-state index contributed by atoms with van der Waals surface area (Å²) in [6.07, 6.45) is -4.69. The van der Waals surface area contributed by atoms with Gasteiger partial charge in [-0.15, -0.1) is 0 Å². The first-order valence-electron chi connectivity index (χ1n) is 3.70. The fourth-order valence-electron chi connectivity index (χ4n) is 1.28. The third-order valence-corrected chi connectivity index (χ3v) is 2.56. The van der Waals surface area contributed by atoms with Crippen molar-refractivity contribution >= 4 is 22.6 Å². The van der Waals surface area contributed by atoms with Crippen LogP contribution < -0.4 is 4.74 Å². The molecule has 1 aromatic carbocycles. The lowest BCUT2D eigenvalue weighted by Crippen LogP contribution is -2.37. The van der Waals surface area contributed by atoms with E-state index in [0.717, 1.165) is 12.1 Å². The van der Waals surface area contributed by atoms with Crippen LogP contribution in [0, 0.1) is 9.39 Å². The number of hydrogen-bond acceptors (Lipinski definition) is 1. The summed E-state index contributed by atoms with van der Waals surface area (Å²) < 4.78 is 68.4. The summed E-state index contributed by atoms with van der Waals surface area (Å²) in [6.45, 7) is 0. The average Bonchev–Trinajstić information content (AvgIpc) is 2.15. The van der Waals surface area contributed by atoms with Gasteiger partial charge in [0.1, 0.15) is 17.1 Å². The van der Waals surface area contributed by atoms with Crippen LogP contribution in [0.3, 0.4) is 0 Å². The summed E-state index contributed by atoms with van der Waals surface area (Å²) in [5.74, 6) is -6.83. The van der Waals surface area contributed by atoms with E-state index >= 15 is 0 Å². The summed E-state index contributed by atoms with van der Waals surface area (Å²) in [7, 11) is 0. The number of rotatable bonds is 0. The summed E-state index contributed by atoms with van der Waals surface area (Å²) in [5, 5.41) is 0. The van der Waals surface area contributed by atoms with E-state index in [1.807, 2.05) is 0 Å². The van der Waals surface area contributed by atoms with Crippen molar-refractivity contribution in [2.75, 3.05) is 0 Å². The lowest BCUT2D eigenvalue weighted by molar-refractivity contribution is -0.297. The van der Waals surface area contributed by atoms with Crippen LogP contribution in [0.1, 0.15) is 5.56 Å². The molecule has 0 atom stereocenters. The van der Waals surface area contributed by atoms with E-state index in [9.17, 15) is 22.0 Å². The van der Waals surface area contributed by atoms with Crippen molar-refractivity contribution in [3.05, 3.63) is 27.1 Å². The number of halogens is 6. The second kappa shape index (κ2) is 2.96. The van der Waals surface area contributed by atoms with Crippen molar-refractivity contribution in [2.24, 2.45) is 0 Å². The van der Waals surface area contributed by atoms with Gasteiger partial charge in [-0.1, -0.05) is 0 Å². The van der Waals surface area contributed by atoms with Crippen molar-refractivity contribution in [2.45, 2.75) is 12.0 Å². The first-order chi connectivity index (χ1) is 6.75. The molecule has 7 heteroatoms. The minimum Gasteiger partial charge on any atom is -0.427 e. The standard InChI is InChI=1S/C8H2F5IO/c9-4-1-3(14)2-5-6(4)7(10,11)8(12,13)15-5/h1-2H. The minimum atomic E-state index is -4.69. The highest BCUT2D eigenvalue weighted by Gasteiger charge is 2.67. The third kappa shape index (κ3) is 1.39. The number of alkyl halides is 4. The van der Waals surface area contributed by atoms with Gasteiger partial charge in [-0.25, -0.2) is 4.39 Å². The Morgan fingerprint density at radius 2 is 1.73 bits per heavy atom. The molecule has 0 amide bonds. The first kappa shape index (κ1) is 10.9. The fourth-order valence-corrected chi connectivity index (χ4v) is 1.84. The first-order valence-corrected chi connectivity index (χ1v) is 4.78. The van der Waals surface area contributed by atoms with Crippen LogP contribution in [0.5, 0.6) is 5.75 Å². The molecule has 82 valence electrons. The number of ether oxygens (including phenoxy) is 1. The quantitative estimate of drug-likeness (QED) is 0.521. The lowest BCUT2D eigenvalue weighted by Gasteiger charge is -2.16. The highest BCUT2D eigenvalue weighted by atomic mass is 127. The van der Waals surface area contributed by atoms with Gasteiger partial charge in [0.2, 0.25) is 0 Å². The average molecular weight is 336 g/mol. The maximum Gasteiger partial charge on any atom is 0.469 e. The maximum atomic E-state index is 13.1. The van der Waals surface area contributed by atoms with E-state index in [1.165, 1.54) is 0 Å². The molecule has 1 aliphatic heterocycles. The molecule has 0 spiro atoms. The molecule has 1 aliphatic rings. The van der Waals surface area contributed by atoms with Crippen molar-refractivity contribution in [1.82, 2.24) is 0 Å². The van der Waals surface area contributed by atoms with Gasteiger partial charge < -0.3 is 4.74 Å². The summed E-state index contributed by atoms with van der Waals surface area (Å²) in [4.78, 5) is 0. The van der Waals surface area contributed by atoms with Gasteiger partial charge in [0, 0.05) is 3.57 Å². The van der Waals surface area contributed by atoms with Gasteiger partial charge in [0.15, 0.2) is 0 Å². The van der Waals surface area contributed by atoms with Gasteiger partial charge in [-0.05, 0) is 34.7 Å². The number of hydrogen-bond donors (Lipinski definition) is 0. The Morgan fingerprint density at radius 3 is 2.33 bits per heavy atom. The largest absolute Gasteiger partial charge is 0.469 e. The second-order valence-corrected chi connectivity index (χ2v) is 4.20. The van der Waals surface area contributed by atoms with E-state index in [2.05, 4.69) is 4.74 Å². The Hall–Kier alpha value is -0.600. The van der Waals surface area contributed by atoms with Gasteiger partial charge in [-0.2, -0.15) is 17.6 Å². The Labute approximate surface area is 94.4 Å². The van der Waals surface area contributed by atoms with E-state index in [-0.39, 0.29) is 3.57 Å². The van der Waals surface area contributed by atoms with Crippen molar-refractivity contribution in [3.63, 3.8) is 0 Å². The van der Waals surface area contributed by atoms with Gasteiger partial charge in [0.25, 0.3) is 0 Å². The van der Waals surface area contributed by atoms with Gasteiger partial charge in [0.05, 0.1) is 0 Å². The maximum absolute atomic E-state index is 13.1. The van der Waals surface area contributed by atoms with E-state index in [1.54, 1.807) is 22.6 Å². The Kier molecular flexibility index (Phi) is 2.15. The monoisotopic (exact) mass is 336 g/mol. The molecule has 0 saturated heterocycles. The Morgan fingerprint density at radius 1 is 1.13 bits per heavy atom. The second-order valence-electron chi connectivity index (χ2n) is 2.95. The Balaban J connectivity index is 2.70. The molecule has 0 saturated carbocycles. The van der Waals surface area contributed by atoms with Crippen LogP contribution in [0.25, 0.3) is 0 Å². The molecule has 0 aromatic heterocycles. The number of benzene rings is 1. The van der Waals surface area contributed by atoms with Crippen molar-refractivity contribution < 1.29 is 26.7 Å². The van der Waals surface area contributed by atoms with E-state index in [0.29, 0.717) is 0 Å². The predicted octanol–water partition coefficient (Wildman–Crippen LogP) is 3.51. The van der Waals surface area contributed by atoms with E-state index in [4.69, 9.17) is 0 Å². The van der Waals surface area contributed by atoms with Crippen LogP contribution in [0.4, 0.5) is 22.0 Å². The predicted molar refractivity (Wildman–Crippen MR) is 48.6 cm³/mol. The molecule has 1 heterocycles. The fraction of sp³-hybridized carbons (Fsp3) is 0.250. The highest BCUT2D eigenvalue weighted by Crippen LogP contribution is 2.54. The molecule has 15 heavy (non-hydrogen) atoms. The zero-order valence-electron chi connectivity index (χ0n) is 6.83. The number of fused-ring (bicyclic) bond motifs is 1. The molecule has 0 aliphatic carbocycles. The van der Waals surface area contributed by atoms with Gasteiger partial charge in [-0.3, -0.25) is 0 Å². The molecular weight excluding hydrogens is 334 g/mol. The van der Waals surface area contributed by atoms with Crippen molar-refractivity contribution in [1.29, 1.82) is 0 Å². The van der Waals surface area contributed by atoms with Crippen LogP contribution in [-0.4, -0.2) is 6.11 Å². The third-order valence-electron chi connectivity index (χ3n) is 1.94. The molecule has 0 unspecified atom stereocenters. The van der Waals surface area contributed by atoms with Crippen LogP contribution in [0.2, 0.25) is 0 Å². The molecule has 1 nitrogen and oxygen atoms in total. The van der Waals surface area contributed by atoms with Crippen LogP contribution >= 0.6 is 22.6 Å². The van der Waals surface area contributed by atoms with E-state index < -0.39 is 29.2 Å². The summed E-state index contributed by atoms with van der Waals surface area (Å²) in [5.41, 5.74) is -1.38. The molecule has 0 fully saturated rings. The van der Waals surface area contributed by atoms with Crippen LogP contribution in [0.15, 0.2) is 12.1 Å². The lowest BCUT2D eigenvalue weighted by atomic mass is 10.1.